The van der Waals surface area contributed by atoms with Crippen molar-refractivity contribution in [2.45, 2.75) is 0 Å². The second-order valence-corrected chi connectivity index (χ2v) is 5.71. The van der Waals surface area contributed by atoms with Crippen molar-refractivity contribution in [3.05, 3.63) is 18.2 Å². The van der Waals surface area contributed by atoms with Crippen LogP contribution >= 0.6 is 12.4 Å². The molecule has 0 aliphatic heterocycles. The van der Waals surface area contributed by atoms with Crippen molar-refractivity contribution >= 4 is 23.8 Å². The lowest BCUT2D eigenvalue weighted by atomic mass is 10.2. The van der Waals surface area contributed by atoms with Gasteiger partial charge in [0.1, 0.15) is 11.4 Å². The Balaban J connectivity index is 0. The SMILES string of the molecule is C[N+](C)(C)c1cc([O-])cc([N+](C)(C)C)c1.Cl.[Cl-]. The average molecular weight is 281 g/mol. The lowest BCUT2D eigenvalue weighted by molar-refractivity contribution is -0.268. The van der Waals surface area contributed by atoms with Gasteiger partial charge >= 0.3 is 0 Å². The Hall–Kier alpha value is -0.480. The van der Waals surface area contributed by atoms with E-state index in [0.29, 0.717) is 8.97 Å². The minimum Gasteiger partial charge on any atom is -1.00 e. The number of rotatable bonds is 2. The highest BCUT2D eigenvalue weighted by atomic mass is 35.5. The van der Waals surface area contributed by atoms with Gasteiger partial charge in [0.2, 0.25) is 0 Å². The average Bonchev–Trinajstić information content (AvgIpc) is 1.99. The molecule has 5 heteroatoms. The molecule has 100 valence electrons. The summed E-state index contributed by atoms with van der Waals surface area (Å²) in [6, 6.07) is 5.51. The predicted molar refractivity (Wildman–Crippen MR) is 72.3 cm³/mol. The maximum Gasteiger partial charge on any atom is 0.137 e. The third-order valence-electron chi connectivity index (χ3n) is 2.43. The fourth-order valence-electron chi connectivity index (χ4n) is 1.34. The van der Waals surface area contributed by atoms with Crippen LogP contribution in [0.2, 0.25) is 0 Å². The highest BCUT2D eigenvalue weighted by Gasteiger charge is 2.18. The van der Waals surface area contributed by atoms with Crippen molar-refractivity contribution in [2.75, 3.05) is 42.3 Å². The smallest absolute Gasteiger partial charge is 0.137 e. The summed E-state index contributed by atoms with van der Waals surface area (Å²) in [7, 11) is 12.4. The van der Waals surface area contributed by atoms with Crippen molar-refractivity contribution in [1.82, 2.24) is 8.97 Å². The maximum absolute atomic E-state index is 11.6. The summed E-state index contributed by atoms with van der Waals surface area (Å²) in [5.41, 5.74) is 2.09. The number of nitrogens with zero attached hydrogens (tertiary/aromatic N) is 2. The summed E-state index contributed by atoms with van der Waals surface area (Å²) in [6.45, 7) is 0. The molecule has 0 unspecified atom stereocenters. The van der Waals surface area contributed by atoms with Crippen molar-refractivity contribution in [3.8, 4) is 5.75 Å². The lowest BCUT2D eigenvalue weighted by Gasteiger charge is -2.29. The second kappa shape index (κ2) is 5.91. The van der Waals surface area contributed by atoms with Crippen LogP contribution in [0.25, 0.3) is 0 Å². The summed E-state index contributed by atoms with van der Waals surface area (Å²) in [6.07, 6.45) is 0. The van der Waals surface area contributed by atoms with E-state index in [1.807, 2.05) is 0 Å². The third-order valence-corrected chi connectivity index (χ3v) is 2.43. The highest BCUT2D eigenvalue weighted by molar-refractivity contribution is 5.85. The number of hydrogen-bond acceptors (Lipinski definition) is 1. The van der Waals surface area contributed by atoms with E-state index in [2.05, 4.69) is 48.4 Å². The molecule has 0 saturated heterocycles. The molecule has 0 aromatic heterocycles. The van der Waals surface area contributed by atoms with E-state index in [-0.39, 0.29) is 30.6 Å². The maximum atomic E-state index is 11.6. The quantitative estimate of drug-likeness (QED) is 0.610. The van der Waals surface area contributed by atoms with Crippen LogP contribution in [0.4, 0.5) is 11.4 Å². The summed E-state index contributed by atoms with van der Waals surface area (Å²) < 4.78 is 1.34. The van der Waals surface area contributed by atoms with Gasteiger partial charge in [0.25, 0.3) is 0 Å². The van der Waals surface area contributed by atoms with Gasteiger partial charge in [-0.3, -0.25) is 8.97 Å². The fourth-order valence-corrected chi connectivity index (χ4v) is 1.34. The molecule has 0 aliphatic rings. The van der Waals surface area contributed by atoms with Crippen LogP contribution in [0.5, 0.6) is 5.75 Å². The van der Waals surface area contributed by atoms with Crippen LogP contribution in [0.15, 0.2) is 18.2 Å². The van der Waals surface area contributed by atoms with Crippen LogP contribution < -0.4 is 26.5 Å². The summed E-state index contributed by atoms with van der Waals surface area (Å²) >= 11 is 0. The summed E-state index contributed by atoms with van der Waals surface area (Å²) in [5, 5.41) is 11.6. The van der Waals surface area contributed by atoms with E-state index < -0.39 is 0 Å². The molecule has 1 aromatic carbocycles. The van der Waals surface area contributed by atoms with Gasteiger partial charge in [-0.25, -0.2) is 0 Å². The first-order chi connectivity index (χ1) is 6.60. The van der Waals surface area contributed by atoms with E-state index >= 15 is 0 Å². The van der Waals surface area contributed by atoms with E-state index in [9.17, 15) is 5.11 Å². The van der Waals surface area contributed by atoms with E-state index in [1.165, 1.54) is 0 Å². The molecule has 0 N–H and O–H groups in total. The topological polar surface area (TPSA) is 23.1 Å². The largest absolute Gasteiger partial charge is 1.00 e. The zero-order valence-electron chi connectivity index (χ0n) is 11.3. The second-order valence-electron chi connectivity index (χ2n) is 5.71. The van der Waals surface area contributed by atoms with E-state index in [1.54, 1.807) is 12.1 Å². The molecule has 0 amide bonds. The molecule has 0 saturated carbocycles. The Morgan fingerprint density at radius 3 is 1.29 bits per heavy atom. The Labute approximate surface area is 117 Å². The number of hydrogen-bond donors (Lipinski definition) is 0. The Morgan fingerprint density at radius 2 is 1.06 bits per heavy atom. The van der Waals surface area contributed by atoms with E-state index in [4.69, 9.17) is 0 Å². The summed E-state index contributed by atoms with van der Waals surface area (Å²) in [4.78, 5) is 0. The Bertz CT molecular complexity index is 335. The molecular formula is C12H22Cl2N2O. The first-order valence-electron chi connectivity index (χ1n) is 5.07. The number of halogens is 2. The van der Waals surface area contributed by atoms with E-state index in [0.717, 1.165) is 11.4 Å². The third kappa shape index (κ3) is 5.13. The van der Waals surface area contributed by atoms with Crippen molar-refractivity contribution in [3.63, 3.8) is 0 Å². The van der Waals surface area contributed by atoms with Crippen molar-refractivity contribution in [1.29, 1.82) is 0 Å². The van der Waals surface area contributed by atoms with Gasteiger partial charge in [0, 0.05) is 0 Å². The minimum absolute atomic E-state index is 0. The zero-order valence-corrected chi connectivity index (χ0v) is 12.9. The molecule has 17 heavy (non-hydrogen) atoms. The fraction of sp³-hybridized carbons (Fsp3) is 0.500. The Morgan fingerprint density at radius 1 is 0.765 bits per heavy atom. The number of quaternary nitrogens is 2. The minimum atomic E-state index is 0. The molecule has 3 nitrogen and oxygen atoms in total. The monoisotopic (exact) mass is 280 g/mol. The van der Waals surface area contributed by atoms with Gasteiger partial charge in [-0.05, 0) is 12.1 Å². The van der Waals surface area contributed by atoms with Gasteiger partial charge in [-0.15, -0.1) is 12.4 Å². The molecule has 0 bridgehead atoms. The normalized spacial score (nSPS) is 11.4. The molecule has 0 spiro atoms. The molecular weight excluding hydrogens is 259 g/mol. The van der Waals surface area contributed by atoms with Gasteiger partial charge in [-0.1, -0.05) is 5.75 Å². The Kier molecular flexibility index (Phi) is 6.57. The first kappa shape index (κ1) is 18.9. The molecule has 0 atom stereocenters. The predicted octanol–water partition coefficient (Wildman–Crippen LogP) is -1.42. The van der Waals surface area contributed by atoms with Crippen molar-refractivity contribution in [2.24, 2.45) is 0 Å². The van der Waals surface area contributed by atoms with Crippen LogP contribution in [-0.2, 0) is 0 Å². The molecule has 1 aromatic rings. The van der Waals surface area contributed by atoms with Crippen LogP contribution in [0.3, 0.4) is 0 Å². The molecule has 0 heterocycles. The zero-order chi connectivity index (χ0) is 11.9. The van der Waals surface area contributed by atoms with Gasteiger partial charge < -0.3 is 17.5 Å². The van der Waals surface area contributed by atoms with Crippen molar-refractivity contribution < 1.29 is 17.5 Å². The number of benzene rings is 1. The molecule has 0 radical (unpaired) electrons. The van der Waals surface area contributed by atoms with Crippen LogP contribution in [0, 0.1) is 0 Å². The van der Waals surface area contributed by atoms with Crippen LogP contribution in [0.1, 0.15) is 0 Å². The lowest BCUT2D eigenvalue weighted by Crippen LogP contribution is -3.00. The van der Waals surface area contributed by atoms with Gasteiger partial charge in [0.05, 0.1) is 48.4 Å². The molecule has 0 fully saturated rings. The standard InChI is InChI=1S/C12H21N2O.2ClH/c1-13(2,3)10-7-11(14(4,5)6)9-12(15)8-10;;/h7-9H,1-6H3;2*1H/q+1;;/p-1. The van der Waals surface area contributed by atoms with Gasteiger partial charge in [-0.2, -0.15) is 0 Å². The summed E-state index contributed by atoms with van der Waals surface area (Å²) in [5.74, 6) is 0.0867. The first-order valence-corrected chi connectivity index (χ1v) is 5.07. The van der Waals surface area contributed by atoms with Gasteiger partial charge in [0.15, 0.2) is 0 Å². The van der Waals surface area contributed by atoms with Crippen LogP contribution in [-0.4, -0.2) is 42.3 Å². The molecule has 0 aliphatic carbocycles. The molecule has 1 rings (SSSR count). The highest BCUT2D eigenvalue weighted by Crippen LogP contribution is 2.29.